The first-order valence-electron chi connectivity index (χ1n) is 3.99. The molecule has 0 aromatic heterocycles. The Bertz CT molecular complexity index is 147. The Morgan fingerprint density at radius 2 is 2.45 bits per heavy atom. The van der Waals surface area contributed by atoms with Gasteiger partial charge in [-0.05, 0) is 19.4 Å². The van der Waals surface area contributed by atoms with Crippen LogP contribution in [0.3, 0.4) is 0 Å². The second-order valence-electron chi connectivity index (χ2n) is 3.15. The Balaban J connectivity index is 2.28. The SMILES string of the molecule is C=C(Br)CN1CCCC(N)C1. The summed E-state index contributed by atoms with van der Waals surface area (Å²) in [5.41, 5.74) is 5.81. The molecule has 64 valence electrons. The monoisotopic (exact) mass is 218 g/mol. The molecule has 0 aromatic rings. The van der Waals surface area contributed by atoms with Crippen LogP contribution >= 0.6 is 15.9 Å². The van der Waals surface area contributed by atoms with Crippen LogP contribution in [0.4, 0.5) is 0 Å². The van der Waals surface area contributed by atoms with E-state index < -0.39 is 0 Å². The van der Waals surface area contributed by atoms with Crippen LogP contribution in [0.2, 0.25) is 0 Å². The molecule has 1 heterocycles. The molecule has 11 heavy (non-hydrogen) atoms. The fourth-order valence-corrected chi connectivity index (χ4v) is 1.83. The van der Waals surface area contributed by atoms with E-state index in [9.17, 15) is 0 Å². The predicted octanol–water partition coefficient (Wildman–Crippen LogP) is 1.32. The maximum atomic E-state index is 5.81. The molecule has 3 heteroatoms. The van der Waals surface area contributed by atoms with E-state index in [1.54, 1.807) is 0 Å². The van der Waals surface area contributed by atoms with Crippen molar-refractivity contribution >= 4 is 15.9 Å². The normalized spacial score (nSPS) is 26.9. The number of nitrogens with zero attached hydrogens (tertiary/aromatic N) is 1. The summed E-state index contributed by atoms with van der Waals surface area (Å²) in [6.45, 7) is 6.93. The minimum atomic E-state index is 0.371. The summed E-state index contributed by atoms with van der Waals surface area (Å²) in [6.07, 6.45) is 2.40. The number of likely N-dealkylation sites (tertiary alicyclic amines) is 1. The third-order valence-corrected chi connectivity index (χ3v) is 2.19. The Kier molecular flexibility index (Phi) is 3.55. The van der Waals surface area contributed by atoms with E-state index in [0.29, 0.717) is 6.04 Å². The Morgan fingerprint density at radius 1 is 1.73 bits per heavy atom. The van der Waals surface area contributed by atoms with Crippen molar-refractivity contribution in [2.24, 2.45) is 5.73 Å². The third-order valence-electron chi connectivity index (χ3n) is 1.94. The summed E-state index contributed by atoms with van der Waals surface area (Å²) < 4.78 is 1.05. The molecular weight excluding hydrogens is 204 g/mol. The second kappa shape index (κ2) is 4.24. The number of hydrogen-bond acceptors (Lipinski definition) is 2. The molecule has 1 unspecified atom stereocenters. The van der Waals surface area contributed by atoms with Gasteiger partial charge in [0.25, 0.3) is 0 Å². The van der Waals surface area contributed by atoms with Gasteiger partial charge in [0, 0.05) is 23.6 Å². The lowest BCUT2D eigenvalue weighted by molar-refractivity contribution is 0.228. The van der Waals surface area contributed by atoms with Gasteiger partial charge >= 0.3 is 0 Å². The molecule has 1 rings (SSSR count). The smallest absolute Gasteiger partial charge is 0.0294 e. The number of hydrogen-bond donors (Lipinski definition) is 1. The van der Waals surface area contributed by atoms with Crippen molar-refractivity contribution in [3.8, 4) is 0 Å². The van der Waals surface area contributed by atoms with Crippen molar-refractivity contribution in [2.75, 3.05) is 19.6 Å². The second-order valence-corrected chi connectivity index (χ2v) is 4.28. The summed E-state index contributed by atoms with van der Waals surface area (Å²) in [5.74, 6) is 0. The molecular formula is C8H15BrN2. The van der Waals surface area contributed by atoms with E-state index in [4.69, 9.17) is 5.73 Å². The molecule has 0 saturated carbocycles. The quantitative estimate of drug-likeness (QED) is 0.758. The number of nitrogens with two attached hydrogens (primary N) is 1. The van der Waals surface area contributed by atoms with Crippen LogP contribution in [0.5, 0.6) is 0 Å². The van der Waals surface area contributed by atoms with Crippen molar-refractivity contribution < 1.29 is 0 Å². The van der Waals surface area contributed by atoms with Crippen LogP contribution in [0.1, 0.15) is 12.8 Å². The molecule has 0 aromatic carbocycles. The molecule has 2 nitrogen and oxygen atoms in total. The topological polar surface area (TPSA) is 29.3 Å². The summed E-state index contributed by atoms with van der Waals surface area (Å²) >= 11 is 3.35. The molecule has 1 atom stereocenters. The van der Waals surface area contributed by atoms with E-state index in [-0.39, 0.29) is 0 Å². The van der Waals surface area contributed by atoms with Gasteiger partial charge in [-0.3, -0.25) is 4.90 Å². The summed E-state index contributed by atoms with van der Waals surface area (Å²) in [5, 5.41) is 0. The first-order chi connectivity index (χ1) is 5.18. The lowest BCUT2D eigenvalue weighted by Gasteiger charge is -2.30. The molecule has 1 aliphatic heterocycles. The summed E-state index contributed by atoms with van der Waals surface area (Å²) in [6, 6.07) is 0.371. The number of piperidine rings is 1. The van der Waals surface area contributed by atoms with E-state index in [2.05, 4.69) is 27.4 Å². The van der Waals surface area contributed by atoms with Gasteiger partial charge < -0.3 is 5.73 Å². The molecule has 0 aliphatic carbocycles. The van der Waals surface area contributed by atoms with E-state index in [1.807, 2.05) is 0 Å². The average Bonchev–Trinajstić information content (AvgIpc) is 1.85. The zero-order chi connectivity index (χ0) is 8.27. The Labute approximate surface area is 76.6 Å². The van der Waals surface area contributed by atoms with Crippen molar-refractivity contribution in [1.82, 2.24) is 4.90 Å². The van der Waals surface area contributed by atoms with Crippen LogP contribution in [0, 0.1) is 0 Å². The number of halogens is 1. The predicted molar refractivity (Wildman–Crippen MR) is 51.7 cm³/mol. The maximum Gasteiger partial charge on any atom is 0.0294 e. The van der Waals surface area contributed by atoms with Gasteiger partial charge in [-0.2, -0.15) is 0 Å². The summed E-state index contributed by atoms with van der Waals surface area (Å²) in [4.78, 5) is 2.34. The van der Waals surface area contributed by atoms with Crippen molar-refractivity contribution in [1.29, 1.82) is 0 Å². The van der Waals surface area contributed by atoms with Gasteiger partial charge in [-0.1, -0.05) is 22.5 Å². The zero-order valence-electron chi connectivity index (χ0n) is 6.72. The Morgan fingerprint density at radius 3 is 3.00 bits per heavy atom. The standard InChI is InChI=1S/C8H15BrN2/c1-7(9)5-11-4-2-3-8(10)6-11/h8H,1-6,10H2. The molecule has 1 fully saturated rings. The largest absolute Gasteiger partial charge is 0.327 e. The van der Waals surface area contributed by atoms with Gasteiger partial charge in [-0.25, -0.2) is 0 Å². The highest BCUT2D eigenvalue weighted by Crippen LogP contribution is 2.11. The molecule has 2 N–H and O–H groups in total. The number of rotatable bonds is 2. The van der Waals surface area contributed by atoms with Gasteiger partial charge in [0.15, 0.2) is 0 Å². The maximum absolute atomic E-state index is 5.81. The van der Waals surface area contributed by atoms with Gasteiger partial charge in [0.2, 0.25) is 0 Å². The molecule has 0 radical (unpaired) electrons. The minimum Gasteiger partial charge on any atom is -0.327 e. The van der Waals surface area contributed by atoms with Gasteiger partial charge in [0.05, 0.1) is 0 Å². The third kappa shape index (κ3) is 3.36. The minimum absolute atomic E-state index is 0.371. The van der Waals surface area contributed by atoms with Gasteiger partial charge in [-0.15, -0.1) is 0 Å². The van der Waals surface area contributed by atoms with Crippen molar-refractivity contribution in [3.63, 3.8) is 0 Å². The molecule has 0 spiro atoms. The summed E-state index contributed by atoms with van der Waals surface area (Å²) in [7, 11) is 0. The average molecular weight is 219 g/mol. The van der Waals surface area contributed by atoms with E-state index in [1.165, 1.54) is 19.4 Å². The van der Waals surface area contributed by atoms with Crippen molar-refractivity contribution in [2.45, 2.75) is 18.9 Å². The molecule has 1 aliphatic rings. The Hall–Kier alpha value is 0.140. The molecule has 0 bridgehead atoms. The first-order valence-corrected chi connectivity index (χ1v) is 4.79. The molecule has 1 saturated heterocycles. The highest BCUT2D eigenvalue weighted by molar-refractivity contribution is 9.11. The van der Waals surface area contributed by atoms with Crippen LogP contribution in [0.15, 0.2) is 11.1 Å². The van der Waals surface area contributed by atoms with Gasteiger partial charge in [0.1, 0.15) is 0 Å². The van der Waals surface area contributed by atoms with E-state index in [0.717, 1.165) is 17.6 Å². The highest BCUT2D eigenvalue weighted by Gasteiger charge is 2.15. The fourth-order valence-electron chi connectivity index (χ4n) is 1.48. The lowest BCUT2D eigenvalue weighted by Crippen LogP contribution is -2.43. The van der Waals surface area contributed by atoms with E-state index >= 15 is 0 Å². The van der Waals surface area contributed by atoms with Crippen LogP contribution in [-0.4, -0.2) is 30.6 Å². The van der Waals surface area contributed by atoms with Crippen LogP contribution < -0.4 is 5.73 Å². The zero-order valence-corrected chi connectivity index (χ0v) is 8.31. The van der Waals surface area contributed by atoms with Crippen LogP contribution in [-0.2, 0) is 0 Å². The lowest BCUT2D eigenvalue weighted by atomic mass is 10.1. The highest BCUT2D eigenvalue weighted by atomic mass is 79.9. The van der Waals surface area contributed by atoms with Crippen LogP contribution in [0.25, 0.3) is 0 Å². The van der Waals surface area contributed by atoms with Crippen molar-refractivity contribution in [3.05, 3.63) is 11.1 Å². The molecule has 0 amide bonds. The first kappa shape index (κ1) is 9.23. The fraction of sp³-hybridized carbons (Fsp3) is 0.750.